The Hall–Kier alpha value is -2.78. The van der Waals surface area contributed by atoms with Crippen molar-refractivity contribution in [2.45, 2.75) is 37.1 Å². The molecular weight excluding hydrogens is 411 g/mol. The van der Waals surface area contributed by atoms with Crippen molar-refractivity contribution in [3.8, 4) is 0 Å². The first kappa shape index (κ1) is 21.9. The Morgan fingerprint density at radius 1 is 1.17 bits per heavy atom. The fourth-order valence-corrected chi connectivity index (χ4v) is 5.02. The van der Waals surface area contributed by atoms with Crippen LogP contribution in [0.4, 0.5) is 10.1 Å². The number of nitrogens with zero attached hydrogens (tertiary/aromatic N) is 1. The number of esters is 1. The summed E-state index contributed by atoms with van der Waals surface area (Å²) in [6, 6.07) is 9.91. The molecule has 1 fully saturated rings. The normalized spacial score (nSPS) is 17.3. The fourth-order valence-electron chi connectivity index (χ4n) is 3.36. The highest BCUT2D eigenvalue weighted by Crippen LogP contribution is 2.26. The standard InChI is InChI=1S/C21H23FN2O5S/c1-2-29-21(26)15-6-5-7-17(14-15)23-20(25)19-8-3-4-13-24(19)30(27,28)18-11-9-16(22)10-12-18/h5-7,9-12,14,19H,2-4,8,13H2,1H3,(H,23,25). The molecule has 0 bridgehead atoms. The van der Waals surface area contributed by atoms with Crippen LogP contribution in [0.2, 0.25) is 0 Å². The maximum atomic E-state index is 13.2. The summed E-state index contributed by atoms with van der Waals surface area (Å²) in [5.74, 6) is -1.53. The lowest BCUT2D eigenvalue weighted by Gasteiger charge is -2.33. The van der Waals surface area contributed by atoms with Crippen LogP contribution < -0.4 is 5.32 Å². The second-order valence-corrected chi connectivity index (χ2v) is 8.76. The molecular formula is C21H23FN2O5S. The van der Waals surface area contributed by atoms with Gasteiger partial charge in [-0.15, -0.1) is 0 Å². The average molecular weight is 434 g/mol. The van der Waals surface area contributed by atoms with Gasteiger partial charge in [0.05, 0.1) is 17.1 Å². The Morgan fingerprint density at radius 3 is 2.60 bits per heavy atom. The van der Waals surface area contributed by atoms with Crippen LogP contribution in [0.25, 0.3) is 0 Å². The molecule has 1 unspecified atom stereocenters. The number of benzene rings is 2. The SMILES string of the molecule is CCOC(=O)c1cccc(NC(=O)C2CCCCN2S(=O)(=O)c2ccc(F)cc2)c1. The van der Waals surface area contributed by atoms with Crippen molar-refractivity contribution in [3.63, 3.8) is 0 Å². The van der Waals surface area contributed by atoms with Crippen molar-refractivity contribution in [2.75, 3.05) is 18.5 Å². The number of ether oxygens (including phenoxy) is 1. The molecule has 0 saturated carbocycles. The van der Waals surface area contributed by atoms with E-state index in [4.69, 9.17) is 4.74 Å². The number of halogens is 1. The summed E-state index contributed by atoms with van der Waals surface area (Å²) >= 11 is 0. The smallest absolute Gasteiger partial charge is 0.338 e. The Labute approximate surface area is 174 Å². The van der Waals surface area contributed by atoms with Gasteiger partial charge in [0.2, 0.25) is 15.9 Å². The lowest BCUT2D eigenvalue weighted by molar-refractivity contribution is -0.120. The zero-order chi connectivity index (χ0) is 21.7. The summed E-state index contributed by atoms with van der Waals surface area (Å²) in [5.41, 5.74) is 0.657. The highest BCUT2D eigenvalue weighted by molar-refractivity contribution is 7.89. The molecule has 2 aromatic rings. The molecule has 1 aliphatic heterocycles. The Kier molecular flexibility index (Phi) is 6.84. The number of nitrogens with one attached hydrogen (secondary N) is 1. The Morgan fingerprint density at radius 2 is 1.90 bits per heavy atom. The second-order valence-electron chi connectivity index (χ2n) is 6.87. The minimum atomic E-state index is -3.96. The van der Waals surface area contributed by atoms with Crippen LogP contribution in [-0.4, -0.2) is 43.8 Å². The van der Waals surface area contributed by atoms with Gasteiger partial charge in [0.1, 0.15) is 11.9 Å². The zero-order valence-corrected chi connectivity index (χ0v) is 17.3. The summed E-state index contributed by atoms with van der Waals surface area (Å²) in [5, 5.41) is 2.70. The molecule has 0 radical (unpaired) electrons. The Balaban J connectivity index is 1.81. The number of hydrogen-bond acceptors (Lipinski definition) is 5. The number of piperidine rings is 1. The van der Waals surface area contributed by atoms with Crippen LogP contribution in [0.1, 0.15) is 36.5 Å². The molecule has 0 spiro atoms. The van der Waals surface area contributed by atoms with Gasteiger partial charge in [-0.05, 0) is 62.2 Å². The molecule has 0 aliphatic carbocycles. The largest absolute Gasteiger partial charge is 0.462 e. The quantitative estimate of drug-likeness (QED) is 0.705. The minimum absolute atomic E-state index is 0.0621. The minimum Gasteiger partial charge on any atom is -0.462 e. The summed E-state index contributed by atoms with van der Waals surface area (Å²) < 4.78 is 45.4. The van der Waals surface area contributed by atoms with Gasteiger partial charge in [0.25, 0.3) is 0 Å². The van der Waals surface area contributed by atoms with Crippen molar-refractivity contribution < 1.29 is 27.1 Å². The first-order valence-corrected chi connectivity index (χ1v) is 11.1. The number of amides is 1. The van der Waals surface area contributed by atoms with E-state index in [-0.39, 0.29) is 23.6 Å². The van der Waals surface area contributed by atoms with E-state index in [1.54, 1.807) is 25.1 Å². The van der Waals surface area contributed by atoms with E-state index in [0.29, 0.717) is 24.9 Å². The van der Waals surface area contributed by atoms with Crippen LogP contribution in [0.15, 0.2) is 53.4 Å². The lowest BCUT2D eigenvalue weighted by atomic mass is 10.0. The van der Waals surface area contributed by atoms with Crippen LogP contribution in [0.3, 0.4) is 0 Å². The molecule has 1 amide bonds. The molecule has 3 rings (SSSR count). The summed E-state index contributed by atoms with van der Waals surface area (Å²) in [6.07, 6.45) is 1.70. The number of carbonyl (C=O) groups excluding carboxylic acids is 2. The molecule has 160 valence electrons. The molecule has 30 heavy (non-hydrogen) atoms. The molecule has 1 saturated heterocycles. The molecule has 0 aromatic heterocycles. The van der Waals surface area contributed by atoms with E-state index < -0.39 is 33.8 Å². The van der Waals surface area contributed by atoms with Gasteiger partial charge >= 0.3 is 5.97 Å². The topological polar surface area (TPSA) is 92.8 Å². The van der Waals surface area contributed by atoms with E-state index in [1.165, 1.54) is 18.2 Å². The van der Waals surface area contributed by atoms with Crippen LogP contribution in [-0.2, 0) is 19.6 Å². The number of sulfonamides is 1. The van der Waals surface area contributed by atoms with Crippen molar-refractivity contribution in [3.05, 3.63) is 59.9 Å². The third kappa shape index (κ3) is 4.85. The second kappa shape index (κ2) is 9.36. The zero-order valence-electron chi connectivity index (χ0n) is 16.5. The van der Waals surface area contributed by atoms with E-state index in [2.05, 4.69) is 5.32 Å². The number of anilines is 1. The maximum absolute atomic E-state index is 13.2. The molecule has 2 aromatic carbocycles. The van der Waals surface area contributed by atoms with Gasteiger partial charge in [-0.1, -0.05) is 12.5 Å². The molecule has 9 heteroatoms. The third-order valence-corrected chi connectivity index (χ3v) is 6.74. The summed E-state index contributed by atoms with van der Waals surface area (Å²) in [6.45, 7) is 2.12. The van der Waals surface area contributed by atoms with Gasteiger partial charge in [-0.2, -0.15) is 4.31 Å². The van der Waals surface area contributed by atoms with E-state index in [9.17, 15) is 22.4 Å². The third-order valence-electron chi connectivity index (χ3n) is 4.82. The fraction of sp³-hybridized carbons (Fsp3) is 0.333. The number of hydrogen-bond donors (Lipinski definition) is 1. The van der Waals surface area contributed by atoms with Gasteiger partial charge in [-0.3, -0.25) is 4.79 Å². The van der Waals surface area contributed by atoms with Gasteiger partial charge in [-0.25, -0.2) is 17.6 Å². The summed E-state index contributed by atoms with van der Waals surface area (Å²) in [4.78, 5) is 24.8. The predicted octanol–water partition coefficient (Wildman–Crippen LogP) is 3.18. The van der Waals surface area contributed by atoms with Crippen molar-refractivity contribution in [1.82, 2.24) is 4.31 Å². The van der Waals surface area contributed by atoms with Crippen molar-refractivity contribution >= 4 is 27.6 Å². The average Bonchev–Trinajstić information content (AvgIpc) is 2.74. The Bertz CT molecular complexity index is 1020. The van der Waals surface area contributed by atoms with Crippen LogP contribution >= 0.6 is 0 Å². The van der Waals surface area contributed by atoms with E-state index in [0.717, 1.165) is 16.4 Å². The highest BCUT2D eigenvalue weighted by Gasteiger charge is 2.37. The molecule has 1 heterocycles. The monoisotopic (exact) mass is 434 g/mol. The summed E-state index contributed by atoms with van der Waals surface area (Å²) in [7, 11) is -3.96. The number of rotatable bonds is 6. The van der Waals surface area contributed by atoms with Crippen molar-refractivity contribution in [1.29, 1.82) is 0 Å². The van der Waals surface area contributed by atoms with E-state index >= 15 is 0 Å². The van der Waals surface area contributed by atoms with Gasteiger partial charge in [0, 0.05) is 12.2 Å². The molecule has 1 aliphatic rings. The molecule has 1 atom stereocenters. The maximum Gasteiger partial charge on any atom is 0.338 e. The van der Waals surface area contributed by atoms with Gasteiger partial charge < -0.3 is 10.1 Å². The predicted molar refractivity (Wildman–Crippen MR) is 109 cm³/mol. The first-order valence-electron chi connectivity index (χ1n) is 9.68. The van der Waals surface area contributed by atoms with Crippen LogP contribution in [0.5, 0.6) is 0 Å². The molecule has 7 nitrogen and oxygen atoms in total. The van der Waals surface area contributed by atoms with Crippen molar-refractivity contribution in [2.24, 2.45) is 0 Å². The van der Waals surface area contributed by atoms with Crippen LogP contribution in [0, 0.1) is 5.82 Å². The van der Waals surface area contributed by atoms with E-state index in [1.807, 2.05) is 0 Å². The number of carbonyl (C=O) groups is 2. The highest BCUT2D eigenvalue weighted by atomic mass is 32.2. The lowest BCUT2D eigenvalue weighted by Crippen LogP contribution is -2.49. The first-order chi connectivity index (χ1) is 14.3. The van der Waals surface area contributed by atoms with Gasteiger partial charge in [0.15, 0.2) is 0 Å². The molecule has 1 N–H and O–H groups in total.